The van der Waals surface area contributed by atoms with Crippen molar-refractivity contribution in [2.24, 2.45) is 11.3 Å². The second-order valence-electron chi connectivity index (χ2n) is 6.77. The van der Waals surface area contributed by atoms with Crippen LogP contribution in [0.25, 0.3) is 0 Å². The number of fused-ring (bicyclic) bond motifs is 1. The Kier molecular flexibility index (Phi) is 5.36. The molecule has 2 aliphatic rings. The summed E-state index contributed by atoms with van der Waals surface area (Å²) >= 11 is 1.53. The molecule has 1 aromatic rings. The number of likely N-dealkylation sites (tertiary alicyclic amines) is 2. The van der Waals surface area contributed by atoms with Crippen LogP contribution in [0, 0.1) is 11.3 Å². The first-order valence-corrected chi connectivity index (χ1v) is 9.61. The summed E-state index contributed by atoms with van der Waals surface area (Å²) in [6.07, 6.45) is 1.94. The number of carboxylic acids is 1. The molecule has 1 amide bonds. The van der Waals surface area contributed by atoms with E-state index in [2.05, 4.69) is 4.90 Å². The predicted octanol–water partition coefficient (Wildman–Crippen LogP) is 1.51. The van der Waals surface area contributed by atoms with Crippen molar-refractivity contribution in [1.82, 2.24) is 9.80 Å². The average Bonchev–Trinajstić information content (AvgIpc) is 3.14. The van der Waals surface area contributed by atoms with Gasteiger partial charge >= 0.3 is 5.97 Å². The number of amides is 1. The van der Waals surface area contributed by atoms with Crippen molar-refractivity contribution < 1.29 is 19.4 Å². The Bertz CT molecular complexity index is 668. The molecule has 2 fully saturated rings. The van der Waals surface area contributed by atoms with Gasteiger partial charge in [-0.1, -0.05) is 12.1 Å². The van der Waals surface area contributed by atoms with E-state index in [-0.39, 0.29) is 18.4 Å². The number of benzene rings is 1. The van der Waals surface area contributed by atoms with Gasteiger partial charge in [0.15, 0.2) is 0 Å². The zero-order chi connectivity index (χ0) is 18.0. The number of nitrogens with zero attached hydrogens (tertiary/aromatic N) is 2. The lowest BCUT2D eigenvalue weighted by molar-refractivity contribution is -0.148. The number of hydrogen-bond acceptors (Lipinski definition) is 5. The highest BCUT2D eigenvalue weighted by atomic mass is 32.2. The molecule has 2 heterocycles. The second kappa shape index (κ2) is 7.35. The van der Waals surface area contributed by atoms with E-state index in [1.165, 1.54) is 11.8 Å². The highest BCUT2D eigenvalue weighted by molar-refractivity contribution is 7.98. The van der Waals surface area contributed by atoms with Gasteiger partial charge in [-0.3, -0.25) is 14.5 Å². The van der Waals surface area contributed by atoms with Crippen LogP contribution in [0.5, 0.6) is 0 Å². The molecule has 3 rings (SSSR count). The van der Waals surface area contributed by atoms with E-state index in [9.17, 15) is 14.7 Å². The summed E-state index contributed by atoms with van der Waals surface area (Å²) in [6, 6.07) is 7.51. The fourth-order valence-electron chi connectivity index (χ4n) is 4.01. The van der Waals surface area contributed by atoms with Gasteiger partial charge in [0.25, 0.3) is 5.91 Å². The molecule has 0 aromatic heterocycles. The fraction of sp³-hybridized carbons (Fsp3) is 0.556. The summed E-state index contributed by atoms with van der Waals surface area (Å²) in [4.78, 5) is 29.8. The maximum Gasteiger partial charge on any atom is 0.313 e. The van der Waals surface area contributed by atoms with Crippen LogP contribution in [-0.4, -0.2) is 79.5 Å². The largest absolute Gasteiger partial charge is 0.481 e. The molecule has 1 N–H and O–H groups in total. The first-order chi connectivity index (χ1) is 12.0. The predicted molar refractivity (Wildman–Crippen MR) is 96.0 cm³/mol. The molecule has 25 heavy (non-hydrogen) atoms. The monoisotopic (exact) mass is 364 g/mol. The van der Waals surface area contributed by atoms with Gasteiger partial charge in [-0.2, -0.15) is 0 Å². The highest BCUT2D eigenvalue weighted by Gasteiger charge is 2.58. The number of ether oxygens (including phenoxy) is 1. The quantitative estimate of drug-likeness (QED) is 0.772. The number of carbonyl (C=O) groups excluding carboxylic acids is 1. The Morgan fingerprint density at radius 1 is 1.32 bits per heavy atom. The van der Waals surface area contributed by atoms with Crippen LogP contribution in [0.15, 0.2) is 29.2 Å². The minimum Gasteiger partial charge on any atom is -0.481 e. The number of carbonyl (C=O) groups is 2. The van der Waals surface area contributed by atoms with Gasteiger partial charge in [0, 0.05) is 50.6 Å². The first kappa shape index (κ1) is 18.2. The molecule has 0 spiro atoms. The third-order valence-corrected chi connectivity index (χ3v) is 6.14. The van der Waals surface area contributed by atoms with E-state index in [4.69, 9.17) is 4.74 Å². The Hall–Kier alpha value is -1.57. The Balaban J connectivity index is 1.78. The molecule has 2 aliphatic heterocycles. The number of rotatable bonds is 6. The minimum absolute atomic E-state index is 0.0350. The van der Waals surface area contributed by atoms with E-state index in [0.29, 0.717) is 31.8 Å². The lowest BCUT2D eigenvalue weighted by atomic mass is 9.81. The maximum atomic E-state index is 13.0. The normalized spacial score (nSPS) is 26.0. The molecule has 0 aliphatic carbocycles. The molecule has 0 saturated carbocycles. The van der Waals surface area contributed by atoms with E-state index in [1.807, 2.05) is 30.5 Å². The van der Waals surface area contributed by atoms with Crippen molar-refractivity contribution in [3.8, 4) is 0 Å². The summed E-state index contributed by atoms with van der Waals surface area (Å²) in [5, 5.41) is 9.89. The molecular weight excluding hydrogens is 340 g/mol. The lowest BCUT2D eigenvalue weighted by Crippen LogP contribution is -2.42. The van der Waals surface area contributed by atoms with Gasteiger partial charge < -0.3 is 14.7 Å². The summed E-state index contributed by atoms with van der Waals surface area (Å²) in [6.45, 7) is 3.26. The van der Waals surface area contributed by atoms with Crippen LogP contribution < -0.4 is 0 Å². The zero-order valence-corrected chi connectivity index (χ0v) is 15.4. The highest BCUT2D eigenvalue weighted by Crippen LogP contribution is 2.43. The van der Waals surface area contributed by atoms with Crippen LogP contribution in [0.1, 0.15) is 10.4 Å². The molecule has 2 unspecified atom stereocenters. The molecule has 6 nitrogen and oxygen atoms in total. The first-order valence-electron chi connectivity index (χ1n) is 8.39. The van der Waals surface area contributed by atoms with Crippen LogP contribution >= 0.6 is 11.8 Å². The Labute approximate surface area is 152 Å². The van der Waals surface area contributed by atoms with Gasteiger partial charge in [-0.15, -0.1) is 11.8 Å². The average molecular weight is 364 g/mol. The molecule has 1 aromatic carbocycles. The van der Waals surface area contributed by atoms with E-state index < -0.39 is 11.4 Å². The van der Waals surface area contributed by atoms with Crippen molar-refractivity contribution in [1.29, 1.82) is 0 Å². The van der Waals surface area contributed by atoms with E-state index in [0.717, 1.165) is 11.4 Å². The summed E-state index contributed by atoms with van der Waals surface area (Å²) in [5.41, 5.74) is -0.204. The molecular formula is C18H24N2O4S. The SMILES string of the molecule is COCCN1CC2CN(C(=O)c3ccccc3SC)CC2(C(=O)O)C1. The van der Waals surface area contributed by atoms with Crippen molar-refractivity contribution in [3.05, 3.63) is 29.8 Å². The van der Waals surface area contributed by atoms with Gasteiger partial charge in [-0.25, -0.2) is 0 Å². The minimum atomic E-state index is -0.863. The van der Waals surface area contributed by atoms with Gasteiger partial charge in [-0.05, 0) is 18.4 Å². The van der Waals surface area contributed by atoms with Crippen LogP contribution in [0.4, 0.5) is 0 Å². The summed E-state index contributed by atoms with van der Waals surface area (Å²) < 4.78 is 5.11. The number of carboxylic acid groups (broad SMARTS) is 1. The topological polar surface area (TPSA) is 70.1 Å². The standard InChI is InChI=1S/C18H24N2O4S/c1-24-8-7-19-9-13-10-20(12-18(13,11-19)17(22)23)16(21)14-5-3-4-6-15(14)25-2/h3-6,13H,7-12H2,1-2H3,(H,22,23). The third-order valence-electron chi connectivity index (χ3n) is 5.34. The molecule has 7 heteroatoms. The number of hydrogen-bond donors (Lipinski definition) is 1. The number of methoxy groups -OCH3 is 1. The molecule has 0 radical (unpaired) electrons. The fourth-order valence-corrected chi connectivity index (χ4v) is 4.60. The Morgan fingerprint density at radius 2 is 2.08 bits per heavy atom. The molecule has 2 saturated heterocycles. The van der Waals surface area contributed by atoms with E-state index in [1.54, 1.807) is 12.0 Å². The molecule has 136 valence electrons. The zero-order valence-electron chi connectivity index (χ0n) is 14.6. The van der Waals surface area contributed by atoms with Crippen molar-refractivity contribution in [2.75, 3.05) is 52.7 Å². The van der Waals surface area contributed by atoms with Gasteiger partial charge in [0.2, 0.25) is 0 Å². The van der Waals surface area contributed by atoms with Crippen molar-refractivity contribution in [2.45, 2.75) is 4.90 Å². The second-order valence-corrected chi connectivity index (χ2v) is 7.62. The van der Waals surface area contributed by atoms with Crippen LogP contribution in [0.2, 0.25) is 0 Å². The number of thioether (sulfide) groups is 1. The third kappa shape index (κ3) is 3.28. The van der Waals surface area contributed by atoms with Crippen molar-refractivity contribution in [3.63, 3.8) is 0 Å². The van der Waals surface area contributed by atoms with Crippen LogP contribution in [-0.2, 0) is 9.53 Å². The van der Waals surface area contributed by atoms with E-state index >= 15 is 0 Å². The smallest absolute Gasteiger partial charge is 0.313 e. The molecule has 2 atom stereocenters. The van der Waals surface area contributed by atoms with Crippen molar-refractivity contribution >= 4 is 23.6 Å². The van der Waals surface area contributed by atoms with Gasteiger partial charge in [0.1, 0.15) is 5.41 Å². The maximum absolute atomic E-state index is 13.0. The summed E-state index contributed by atoms with van der Waals surface area (Å²) in [5.74, 6) is -0.901. The van der Waals surface area contributed by atoms with Gasteiger partial charge in [0.05, 0.1) is 12.2 Å². The Morgan fingerprint density at radius 3 is 2.72 bits per heavy atom. The van der Waals surface area contributed by atoms with Crippen LogP contribution in [0.3, 0.4) is 0 Å². The molecule has 0 bridgehead atoms. The lowest BCUT2D eigenvalue weighted by Gasteiger charge is -2.25. The summed E-state index contributed by atoms with van der Waals surface area (Å²) in [7, 11) is 1.65. The number of aliphatic carboxylic acids is 1.